The fraction of sp³-hybridized carbons (Fsp3) is 0.417. The quantitative estimate of drug-likeness (QED) is 0.822. The fourth-order valence-electron chi connectivity index (χ4n) is 2.22. The summed E-state index contributed by atoms with van der Waals surface area (Å²) in [6.07, 6.45) is 6.54. The minimum atomic E-state index is -3.61. The predicted molar refractivity (Wildman–Crippen MR) is 76.1 cm³/mol. The van der Waals surface area contributed by atoms with Crippen LogP contribution in [0.4, 0.5) is 5.82 Å². The lowest BCUT2D eigenvalue weighted by molar-refractivity contribution is 0.576. The number of rotatable bonds is 5. The van der Waals surface area contributed by atoms with Crippen LogP contribution in [0.3, 0.4) is 0 Å². The van der Waals surface area contributed by atoms with E-state index in [1.54, 1.807) is 6.20 Å². The maximum atomic E-state index is 12.0. The molecule has 3 rings (SSSR count). The van der Waals surface area contributed by atoms with Crippen LogP contribution in [0.15, 0.2) is 29.8 Å². The van der Waals surface area contributed by atoms with E-state index >= 15 is 0 Å². The van der Waals surface area contributed by atoms with Crippen LogP contribution in [0.1, 0.15) is 18.7 Å². The van der Waals surface area contributed by atoms with Crippen molar-refractivity contribution in [1.29, 1.82) is 0 Å². The Morgan fingerprint density at radius 3 is 2.86 bits per heavy atom. The molecule has 1 fully saturated rings. The largest absolute Gasteiger partial charge is 0.357 e. The van der Waals surface area contributed by atoms with Gasteiger partial charge in [0.05, 0.1) is 19.1 Å². The zero-order valence-electron chi connectivity index (χ0n) is 11.4. The third-order valence-corrected chi connectivity index (χ3v) is 4.63. The molecule has 1 aliphatic rings. The van der Waals surface area contributed by atoms with Crippen LogP contribution in [0.2, 0.25) is 0 Å². The van der Waals surface area contributed by atoms with E-state index in [0.717, 1.165) is 31.7 Å². The number of anilines is 1. The summed E-state index contributed by atoms with van der Waals surface area (Å²) in [5.74, 6) is 1.29. The maximum Gasteiger partial charge on any atom is 0.258 e. The van der Waals surface area contributed by atoms with Crippen LogP contribution in [-0.4, -0.2) is 41.4 Å². The van der Waals surface area contributed by atoms with E-state index in [1.165, 1.54) is 12.5 Å². The molecule has 8 nitrogen and oxygen atoms in total. The first kappa shape index (κ1) is 14.0. The first-order chi connectivity index (χ1) is 10.1. The lowest BCUT2D eigenvalue weighted by Gasteiger charge is -2.16. The Morgan fingerprint density at radius 2 is 2.14 bits per heavy atom. The Hall–Kier alpha value is -2.00. The van der Waals surface area contributed by atoms with Crippen LogP contribution >= 0.6 is 0 Å². The van der Waals surface area contributed by atoms with Crippen LogP contribution < -0.4 is 9.62 Å². The standard InChI is InChI=1S/C12H16N6O2S/c19-21(20,12-8-13-9-15-12)16-7-10-14-4-3-11(17-10)18-5-1-2-6-18/h3-4,8-9,16H,1-2,5-7H2,(H,13,15). The molecule has 21 heavy (non-hydrogen) atoms. The van der Waals surface area contributed by atoms with Crippen molar-refractivity contribution in [2.45, 2.75) is 24.4 Å². The van der Waals surface area contributed by atoms with Gasteiger partial charge >= 0.3 is 0 Å². The number of nitrogens with one attached hydrogen (secondary N) is 2. The molecule has 1 aliphatic heterocycles. The number of H-pyrrole nitrogens is 1. The van der Waals surface area contributed by atoms with Gasteiger partial charge in [0, 0.05) is 19.3 Å². The summed E-state index contributed by atoms with van der Waals surface area (Å²) in [7, 11) is -3.61. The van der Waals surface area contributed by atoms with E-state index in [9.17, 15) is 8.42 Å². The van der Waals surface area contributed by atoms with Gasteiger partial charge in [-0.3, -0.25) is 0 Å². The number of aromatic nitrogens is 4. The molecule has 0 aromatic carbocycles. The summed E-state index contributed by atoms with van der Waals surface area (Å²) < 4.78 is 26.4. The zero-order chi connectivity index (χ0) is 14.7. The van der Waals surface area contributed by atoms with Crippen LogP contribution in [-0.2, 0) is 16.6 Å². The lowest BCUT2D eigenvalue weighted by atomic mass is 10.4. The molecule has 1 saturated heterocycles. The Labute approximate surface area is 122 Å². The number of aromatic amines is 1. The minimum absolute atomic E-state index is 0.0261. The molecule has 0 unspecified atom stereocenters. The second kappa shape index (κ2) is 5.78. The monoisotopic (exact) mass is 308 g/mol. The molecule has 9 heteroatoms. The summed E-state index contributed by atoms with van der Waals surface area (Å²) in [5.41, 5.74) is 0. The molecule has 2 aromatic heterocycles. The normalized spacial score (nSPS) is 15.5. The predicted octanol–water partition coefficient (Wildman–Crippen LogP) is 0.278. The van der Waals surface area contributed by atoms with Gasteiger partial charge in [-0.1, -0.05) is 0 Å². The van der Waals surface area contributed by atoms with Gasteiger partial charge in [0.2, 0.25) is 0 Å². The third kappa shape index (κ3) is 3.19. The van der Waals surface area contributed by atoms with E-state index in [-0.39, 0.29) is 11.6 Å². The van der Waals surface area contributed by atoms with Crippen molar-refractivity contribution in [3.8, 4) is 0 Å². The molecule has 2 N–H and O–H groups in total. The Morgan fingerprint density at radius 1 is 1.33 bits per heavy atom. The van der Waals surface area contributed by atoms with E-state index in [1.807, 2.05) is 6.07 Å². The average molecular weight is 308 g/mol. The minimum Gasteiger partial charge on any atom is -0.357 e. The van der Waals surface area contributed by atoms with Crippen LogP contribution in [0.5, 0.6) is 0 Å². The molecule has 0 saturated carbocycles. The van der Waals surface area contributed by atoms with Crippen molar-refractivity contribution in [2.24, 2.45) is 0 Å². The summed E-state index contributed by atoms with van der Waals surface area (Å²) in [6.45, 7) is 2.01. The summed E-state index contributed by atoms with van der Waals surface area (Å²) in [5, 5.41) is 0.0261. The molecular weight excluding hydrogens is 292 g/mol. The molecule has 2 aromatic rings. The summed E-state index contributed by atoms with van der Waals surface area (Å²) in [4.78, 5) is 16.9. The van der Waals surface area contributed by atoms with Crippen molar-refractivity contribution in [1.82, 2.24) is 24.7 Å². The highest BCUT2D eigenvalue weighted by molar-refractivity contribution is 7.89. The smallest absolute Gasteiger partial charge is 0.258 e. The highest BCUT2D eigenvalue weighted by atomic mass is 32.2. The van der Waals surface area contributed by atoms with Gasteiger partial charge < -0.3 is 9.88 Å². The van der Waals surface area contributed by atoms with Gasteiger partial charge in [-0.15, -0.1) is 0 Å². The van der Waals surface area contributed by atoms with E-state index in [2.05, 4.69) is 29.6 Å². The van der Waals surface area contributed by atoms with Gasteiger partial charge in [0.1, 0.15) is 11.6 Å². The van der Waals surface area contributed by atoms with E-state index < -0.39 is 10.0 Å². The SMILES string of the molecule is O=S(=O)(NCc1nccc(N2CCCC2)n1)c1cnc[nH]1. The Kier molecular flexibility index (Phi) is 3.84. The van der Waals surface area contributed by atoms with Gasteiger partial charge in [0.15, 0.2) is 5.03 Å². The second-order valence-corrected chi connectivity index (χ2v) is 6.50. The number of hydrogen-bond donors (Lipinski definition) is 2. The average Bonchev–Trinajstić information content (AvgIpc) is 3.18. The summed E-state index contributed by atoms with van der Waals surface area (Å²) in [6, 6.07) is 1.85. The molecular formula is C12H16N6O2S. The molecule has 3 heterocycles. The topological polar surface area (TPSA) is 104 Å². The van der Waals surface area contributed by atoms with Crippen molar-refractivity contribution >= 4 is 15.8 Å². The summed E-state index contributed by atoms with van der Waals surface area (Å²) >= 11 is 0. The van der Waals surface area contributed by atoms with Crippen molar-refractivity contribution < 1.29 is 8.42 Å². The second-order valence-electron chi connectivity index (χ2n) is 4.77. The van der Waals surface area contributed by atoms with Crippen molar-refractivity contribution in [3.05, 3.63) is 30.6 Å². The molecule has 0 aliphatic carbocycles. The van der Waals surface area contributed by atoms with E-state index in [4.69, 9.17) is 0 Å². The van der Waals surface area contributed by atoms with Crippen molar-refractivity contribution in [3.63, 3.8) is 0 Å². The highest BCUT2D eigenvalue weighted by Crippen LogP contribution is 2.16. The number of sulfonamides is 1. The first-order valence-electron chi connectivity index (χ1n) is 6.70. The van der Waals surface area contributed by atoms with Gasteiger partial charge in [-0.25, -0.2) is 28.1 Å². The van der Waals surface area contributed by atoms with Gasteiger partial charge in [0.25, 0.3) is 10.0 Å². The van der Waals surface area contributed by atoms with E-state index in [0.29, 0.717) is 5.82 Å². The number of nitrogens with zero attached hydrogens (tertiary/aromatic N) is 4. The van der Waals surface area contributed by atoms with Crippen LogP contribution in [0.25, 0.3) is 0 Å². The fourth-order valence-corrected chi connectivity index (χ4v) is 3.11. The van der Waals surface area contributed by atoms with Crippen LogP contribution in [0, 0.1) is 0 Å². The van der Waals surface area contributed by atoms with Gasteiger partial charge in [-0.2, -0.15) is 0 Å². The third-order valence-electron chi connectivity index (χ3n) is 3.30. The number of imidazole rings is 1. The molecule has 0 atom stereocenters. The van der Waals surface area contributed by atoms with Gasteiger partial charge in [-0.05, 0) is 18.9 Å². The molecule has 112 valence electrons. The Bertz CT molecular complexity index is 694. The number of hydrogen-bond acceptors (Lipinski definition) is 6. The van der Waals surface area contributed by atoms with Crippen molar-refractivity contribution in [2.75, 3.05) is 18.0 Å². The maximum absolute atomic E-state index is 12.0. The highest BCUT2D eigenvalue weighted by Gasteiger charge is 2.17. The lowest BCUT2D eigenvalue weighted by Crippen LogP contribution is -2.25. The first-order valence-corrected chi connectivity index (χ1v) is 8.18. The molecule has 0 bridgehead atoms. The molecule has 0 amide bonds. The zero-order valence-corrected chi connectivity index (χ0v) is 12.2. The molecule has 0 radical (unpaired) electrons. The Balaban J connectivity index is 1.69. The molecule has 0 spiro atoms.